The summed E-state index contributed by atoms with van der Waals surface area (Å²) in [6.07, 6.45) is 1.93. The van der Waals surface area contributed by atoms with E-state index in [2.05, 4.69) is 10.4 Å². The summed E-state index contributed by atoms with van der Waals surface area (Å²) >= 11 is 5.75. The molecule has 2 aromatic rings. The van der Waals surface area contributed by atoms with Gasteiger partial charge < -0.3 is 10.1 Å². The van der Waals surface area contributed by atoms with E-state index in [-0.39, 0.29) is 5.82 Å². The van der Waals surface area contributed by atoms with E-state index in [1.54, 1.807) is 23.9 Å². The van der Waals surface area contributed by atoms with Crippen LogP contribution in [0.1, 0.15) is 16.8 Å². The van der Waals surface area contributed by atoms with Crippen molar-refractivity contribution in [1.82, 2.24) is 15.1 Å². The molecule has 0 bridgehead atoms. The number of halogens is 2. The van der Waals surface area contributed by atoms with Crippen LogP contribution in [0.15, 0.2) is 24.4 Å². The number of nitrogens with one attached hydrogen (secondary N) is 1. The van der Waals surface area contributed by atoms with Crippen LogP contribution in [0.5, 0.6) is 0 Å². The van der Waals surface area contributed by atoms with E-state index in [0.717, 1.165) is 24.3 Å². The number of methoxy groups -OCH3 is 1. The van der Waals surface area contributed by atoms with E-state index in [1.807, 2.05) is 13.1 Å². The highest BCUT2D eigenvalue weighted by Gasteiger charge is 2.08. The molecule has 1 heterocycles. The van der Waals surface area contributed by atoms with Gasteiger partial charge in [-0.3, -0.25) is 4.68 Å². The van der Waals surface area contributed by atoms with Gasteiger partial charge in [-0.1, -0.05) is 17.7 Å². The van der Waals surface area contributed by atoms with Crippen LogP contribution < -0.4 is 5.32 Å². The molecule has 0 spiro atoms. The summed E-state index contributed by atoms with van der Waals surface area (Å²) in [5, 5.41) is 8.08. The van der Waals surface area contributed by atoms with Crippen LogP contribution in [0, 0.1) is 12.7 Å². The van der Waals surface area contributed by atoms with Crippen molar-refractivity contribution in [2.45, 2.75) is 20.0 Å². The van der Waals surface area contributed by atoms with Gasteiger partial charge in [0.1, 0.15) is 5.82 Å². The molecule has 1 aromatic heterocycles. The minimum atomic E-state index is -0.310. The van der Waals surface area contributed by atoms with Crippen LogP contribution in [-0.2, 0) is 17.8 Å². The van der Waals surface area contributed by atoms with Gasteiger partial charge >= 0.3 is 0 Å². The summed E-state index contributed by atoms with van der Waals surface area (Å²) in [4.78, 5) is 0. The third kappa shape index (κ3) is 4.52. The molecule has 21 heavy (non-hydrogen) atoms. The number of hydrogen-bond acceptors (Lipinski definition) is 3. The summed E-state index contributed by atoms with van der Waals surface area (Å²) in [6, 6.07) is 4.69. The predicted molar refractivity (Wildman–Crippen MR) is 81.1 cm³/mol. The first-order valence-corrected chi connectivity index (χ1v) is 7.14. The zero-order chi connectivity index (χ0) is 15.2. The molecule has 1 aromatic carbocycles. The largest absolute Gasteiger partial charge is 0.383 e. The number of benzene rings is 1. The van der Waals surface area contributed by atoms with Crippen molar-refractivity contribution in [3.05, 3.63) is 52.1 Å². The normalized spacial score (nSPS) is 11.0. The summed E-state index contributed by atoms with van der Waals surface area (Å²) in [6.45, 7) is 4.51. The Hall–Kier alpha value is -1.43. The van der Waals surface area contributed by atoms with Crippen molar-refractivity contribution >= 4 is 11.6 Å². The second-order valence-electron chi connectivity index (χ2n) is 4.84. The fraction of sp³-hybridized carbons (Fsp3) is 0.400. The molecule has 0 unspecified atom stereocenters. The lowest BCUT2D eigenvalue weighted by Gasteiger charge is -2.04. The van der Waals surface area contributed by atoms with Crippen molar-refractivity contribution in [1.29, 1.82) is 0 Å². The van der Waals surface area contributed by atoms with Gasteiger partial charge in [-0.25, -0.2) is 4.39 Å². The fourth-order valence-corrected chi connectivity index (χ4v) is 2.19. The Bertz CT molecular complexity index is 601. The zero-order valence-electron chi connectivity index (χ0n) is 12.2. The van der Waals surface area contributed by atoms with E-state index >= 15 is 0 Å². The Labute approximate surface area is 128 Å². The van der Waals surface area contributed by atoms with Crippen molar-refractivity contribution < 1.29 is 9.13 Å². The summed E-state index contributed by atoms with van der Waals surface area (Å²) in [5.41, 5.74) is 2.61. The van der Waals surface area contributed by atoms with E-state index in [0.29, 0.717) is 23.7 Å². The first-order chi connectivity index (χ1) is 10.1. The SMILES string of the molecule is COCCNCc1cn(Cc2ccc(Cl)cc2F)nc1C. The van der Waals surface area contributed by atoms with Gasteiger partial charge in [-0.2, -0.15) is 5.10 Å². The van der Waals surface area contributed by atoms with E-state index < -0.39 is 0 Å². The minimum Gasteiger partial charge on any atom is -0.383 e. The third-order valence-corrected chi connectivity index (χ3v) is 3.43. The second kappa shape index (κ2) is 7.54. The number of rotatable bonds is 7. The molecule has 2 rings (SSSR count). The maximum absolute atomic E-state index is 13.8. The number of aryl methyl sites for hydroxylation is 1. The molecule has 114 valence electrons. The molecule has 6 heteroatoms. The molecule has 0 saturated heterocycles. The smallest absolute Gasteiger partial charge is 0.129 e. The lowest BCUT2D eigenvalue weighted by molar-refractivity contribution is 0.199. The molecule has 0 aliphatic carbocycles. The van der Waals surface area contributed by atoms with Crippen LogP contribution in [0.2, 0.25) is 5.02 Å². The summed E-state index contributed by atoms with van der Waals surface area (Å²) < 4.78 is 20.5. The van der Waals surface area contributed by atoms with Crippen molar-refractivity contribution in [2.24, 2.45) is 0 Å². The standard InChI is InChI=1S/C15H19ClFN3O/c1-11-13(8-18-5-6-21-2)10-20(19-11)9-12-3-4-14(16)7-15(12)17/h3-4,7,10,18H,5-6,8-9H2,1-2H3. The van der Waals surface area contributed by atoms with Gasteiger partial charge in [-0.05, 0) is 19.1 Å². The maximum Gasteiger partial charge on any atom is 0.129 e. The van der Waals surface area contributed by atoms with E-state index in [9.17, 15) is 4.39 Å². The Morgan fingerprint density at radius 3 is 2.90 bits per heavy atom. The second-order valence-corrected chi connectivity index (χ2v) is 5.28. The lowest BCUT2D eigenvalue weighted by Crippen LogP contribution is -2.18. The van der Waals surface area contributed by atoms with Gasteiger partial charge in [0.2, 0.25) is 0 Å². The maximum atomic E-state index is 13.8. The Morgan fingerprint density at radius 1 is 1.38 bits per heavy atom. The minimum absolute atomic E-state index is 0.310. The predicted octanol–water partition coefficient (Wildman–Crippen LogP) is 2.77. The number of nitrogens with zero attached hydrogens (tertiary/aromatic N) is 2. The highest BCUT2D eigenvalue weighted by atomic mass is 35.5. The molecule has 0 saturated carbocycles. The average molecular weight is 312 g/mol. The Balaban J connectivity index is 2.01. The average Bonchev–Trinajstić information content (AvgIpc) is 2.78. The monoisotopic (exact) mass is 311 g/mol. The highest BCUT2D eigenvalue weighted by molar-refractivity contribution is 6.30. The number of aromatic nitrogens is 2. The van der Waals surface area contributed by atoms with Crippen molar-refractivity contribution in [2.75, 3.05) is 20.3 Å². The van der Waals surface area contributed by atoms with Crippen LogP contribution in [0.4, 0.5) is 4.39 Å². The van der Waals surface area contributed by atoms with Gasteiger partial charge in [0, 0.05) is 42.5 Å². The Morgan fingerprint density at radius 2 is 2.19 bits per heavy atom. The third-order valence-electron chi connectivity index (χ3n) is 3.19. The lowest BCUT2D eigenvalue weighted by atomic mass is 10.2. The van der Waals surface area contributed by atoms with Crippen molar-refractivity contribution in [3.8, 4) is 0 Å². The highest BCUT2D eigenvalue weighted by Crippen LogP contribution is 2.16. The quantitative estimate of drug-likeness (QED) is 0.799. The molecule has 1 N–H and O–H groups in total. The fourth-order valence-electron chi connectivity index (χ4n) is 2.04. The first-order valence-electron chi connectivity index (χ1n) is 6.76. The topological polar surface area (TPSA) is 39.1 Å². The molecule has 4 nitrogen and oxygen atoms in total. The Kier molecular flexibility index (Phi) is 5.73. The molecular weight excluding hydrogens is 293 g/mol. The van der Waals surface area contributed by atoms with E-state index in [4.69, 9.17) is 16.3 Å². The molecule has 0 atom stereocenters. The number of ether oxygens (including phenoxy) is 1. The molecular formula is C15H19ClFN3O. The van der Waals surface area contributed by atoms with Crippen molar-refractivity contribution in [3.63, 3.8) is 0 Å². The summed E-state index contributed by atoms with van der Waals surface area (Å²) in [5.74, 6) is -0.310. The van der Waals surface area contributed by atoms with Crippen LogP contribution >= 0.6 is 11.6 Å². The molecule has 0 radical (unpaired) electrons. The molecule has 0 aliphatic rings. The molecule has 0 fully saturated rings. The number of hydrogen-bond donors (Lipinski definition) is 1. The molecule has 0 aliphatic heterocycles. The van der Waals surface area contributed by atoms with E-state index in [1.165, 1.54) is 6.07 Å². The van der Waals surface area contributed by atoms with Crippen LogP contribution in [0.3, 0.4) is 0 Å². The van der Waals surface area contributed by atoms with Gasteiger partial charge in [-0.15, -0.1) is 0 Å². The van der Waals surface area contributed by atoms with Gasteiger partial charge in [0.25, 0.3) is 0 Å². The zero-order valence-corrected chi connectivity index (χ0v) is 13.0. The van der Waals surface area contributed by atoms with Gasteiger partial charge in [0.05, 0.1) is 18.8 Å². The van der Waals surface area contributed by atoms with Crippen LogP contribution in [0.25, 0.3) is 0 Å². The van der Waals surface area contributed by atoms with Crippen LogP contribution in [-0.4, -0.2) is 30.0 Å². The first kappa shape index (κ1) is 15.9. The molecule has 0 amide bonds. The van der Waals surface area contributed by atoms with Gasteiger partial charge in [0.15, 0.2) is 0 Å². The summed E-state index contributed by atoms with van der Waals surface area (Å²) in [7, 11) is 1.67.